The standard InChI is InChI=1S/C38H42O7/c1-4-31-30-14-13-28-19-29(41)15-16-36(28,2)34(30)32(42)20-37(31,3)38(33(43)22-40)23-44-35(45-38)27-10-6-8-25(18-27)12-11-24-7-5-9-26(17-24)21-39/h5-10,15-19,30-32,34-35,39-40,42H,4,13-14,20-23H2,1-3H3/t30-,31-,32-,34+,35+,36-,37-,38-/m0/s1. The van der Waals surface area contributed by atoms with E-state index in [-0.39, 0.29) is 36.8 Å². The second kappa shape index (κ2) is 12.1. The van der Waals surface area contributed by atoms with Gasteiger partial charge in [0, 0.05) is 33.4 Å². The summed E-state index contributed by atoms with van der Waals surface area (Å²) in [5.74, 6) is 5.83. The summed E-state index contributed by atoms with van der Waals surface area (Å²) in [6.07, 6.45) is 6.35. The molecule has 7 heteroatoms. The van der Waals surface area contributed by atoms with Crippen molar-refractivity contribution in [2.24, 2.45) is 28.6 Å². The van der Waals surface area contributed by atoms with Crippen molar-refractivity contribution in [2.45, 2.75) is 71.1 Å². The van der Waals surface area contributed by atoms with Crippen LogP contribution in [-0.4, -0.2) is 51.8 Å². The first kappa shape index (κ1) is 31.6. The van der Waals surface area contributed by atoms with E-state index in [2.05, 4.69) is 25.7 Å². The van der Waals surface area contributed by atoms with Crippen molar-refractivity contribution in [1.82, 2.24) is 0 Å². The summed E-state index contributed by atoms with van der Waals surface area (Å²) >= 11 is 0. The molecule has 2 aromatic carbocycles. The normalized spacial score (nSPS) is 35.6. The number of carbonyl (C=O) groups excluding carboxylic acids is 2. The molecule has 7 nitrogen and oxygen atoms in total. The van der Waals surface area contributed by atoms with Gasteiger partial charge in [-0.1, -0.05) is 74.9 Å². The number of hydrogen-bond acceptors (Lipinski definition) is 7. The van der Waals surface area contributed by atoms with Gasteiger partial charge in [-0.25, -0.2) is 0 Å². The SMILES string of the molecule is CC[C@H]1[C@@H]2CCC3=CC(=O)C=C[C@]3(C)[C@H]2[C@@H](O)C[C@]1(C)[C@@]1(C(=O)CO)CO[C@@H](c2cccc(C#Cc3cccc(CO)c3)c2)O1. The fourth-order valence-electron chi connectivity index (χ4n) is 9.04. The maximum atomic E-state index is 13.8. The van der Waals surface area contributed by atoms with E-state index in [1.54, 1.807) is 12.2 Å². The Morgan fingerprint density at radius 3 is 2.51 bits per heavy atom. The van der Waals surface area contributed by atoms with Gasteiger partial charge in [0.2, 0.25) is 0 Å². The second-order valence-corrected chi connectivity index (χ2v) is 13.5. The summed E-state index contributed by atoms with van der Waals surface area (Å²) in [7, 11) is 0. The molecule has 0 amide bonds. The van der Waals surface area contributed by atoms with Crippen LogP contribution in [0, 0.1) is 40.4 Å². The quantitative estimate of drug-likeness (QED) is 0.402. The summed E-state index contributed by atoms with van der Waals surface area (Å²) in [4.78, 5) is 26.0. The van der Waals surface area contributed by atoms with Gasteiger partial charge in [0.25, 0.3) is 0 Å². The molecule has 1 aliphatic heterocycles. The van der Waals surface area contributed by atoms with Crippen molar-refractivity contribution in [2.75, 3.05) is 13.2 Å². The van der Waals surface area contributed by atoms with Crippen LogP contribution in [0.3, 0.4) is 0 Å². The summed E-state index contributed by atoms with van der Waals surface area (Å²) in [5.41, 5.74) is 1.38. The van der Waals surface area contributed by atoms with Gasteiger partial charge in [0.15, 0.2) is 23.5 Å². The van der Waals surface area contributed by atoms with Crippen LogP contribution in [-0.2, 0) is 25.7 Å². The third kappa shape index (κ3) is 5.23. The van der Waals surface area contributed by atoms with Crippen LogP contribution < -0.4 is 0 Å². The minimum absolute atomic E-state index is 0.0000354. The molecule has 0 unspecified atom stereocenters. The van der Waals surface area contributed by atoms with E-state index in [0.717, 1.165) is 41.5 Å². The second-order valence-electron chi connectivity index (χ2n) is 13.5. The van der Waals surface area contributed by atoms with Crippen LogP contribution in [0.1, 0.15) is 75.0 Å². The minimum atomic E-state index is -1.46. The molecule has 0 aromatic heterocycles. The highest BCUT2D eigenvalue weighted by atomic mass is 16.7. The van der Waals surface area contributed by atoms with Gasteiger partial charge in [-0.2, -0.15) is 0 Å². The van der Waals surface area contributed by atoms with Gasteiger partial charge >= 0.3 is 0 Å². The number of carbonyl (C=O) groups is 2. The molecule has 45 heavy (non-hydrogen) atoms. The van der Waals surface area contributed by atoms with Crippen molar-refractivity contribution < 1.29 is 34.4 Å². The number of aliphatic hydroxyl groups is 3. The van der Waals surface area contributed by atoms with Crippen molar-refractivity contribution in [3.8, 4) is 11.8 Å². The van der Waals surface area contributed by atoms with E-state index in [4.69, 9.17) is 9.47 Å². The zero-order chi connectivity index (χ0) is 32.0. The number of aliphatic hydroxyl groups excluding tert-OH is 3. The highest BCUT2D eigenvalue weighted by Gasteiger charge is 2.68. The first-order valence-corrected chi connectivity index (χ1v) is 16.0. The molecule has 3 aliphatic carbocycles. The number of rotatable bonds is 6. The fourth-order valence-corrected chi connectivity index (χ4v) is 9.04. The monoisotopic (exact) mass is 610 g/mol. The fraction of sp³-hybridized carbons (Fsp3) is 0.474. The zero-order valence-electron chi connectivity index (χ0n) is 26.2. The Balaban J connectivity index is 1.31. The van der Waals surface area contributed by atoms with Crippen LogP contribution in [0.25, 0.3) is 0 Å². The molecule has 3 fully saturated rings. The number of benzene rings is 2. The molecule has 2 saturated carbocycles. The van der Waals surface area contributed by atoms with Crippen LogP contribution in [0.2, 0.25) is 0 Å². The average molecular weight is 611 g/mol. The zero-order valence-corrected chi connectivity index (χ0v) is 26.2. The number of allylic oxidation sites excluding steroid dienone is 4. The van der Waals surface area contributed by atoms with Crippen LogP contribution >= 0.6 is 0 Å². The molecule has 236 valence electrons. The lowest BCUT2D eigenvalue weighted by atomic mass is 9.44. The molecule has 8 atom stereocenters. The topological polar surface area (TPSA) is 113 Å². The van der Waals surface area contributed by atoms with Crippen molar-refractivity contribution in [3.63, 3.8) is 0 Å². The van der Waals surface area contributed by atoms with Gasteiger partial charge in [-0.05, 0) is 73.1 Å². The molecule has 1 heterocycles. The minimum Gasteiger partial charge on any atom is -0.393 e. The maximum absolute atomic E-state index is 13.8. The highest BCUT2D eigenvalue weighted by molar-refractivity contribution is 6.01. The van der Waals surface area contributed by atoms with Crippen molar-refractivity contribution in [1.29, 1.82) is 0 Å². The lowest BCUT2D eigenvalue weighted by molar-refractivity contribution is -0.211. The van der Waals surface area contributed by atoms with E-state index in [0.29, 0.717) is 12.0 Å². The predicted octanol–water partition coefficient (Wildman–Crippen LogP) is 4.82. The van der Waals surface area contributed by atoms with Crippen LogP contribution in [0.4, 0.5) is 0 Å². The number of Topliss-reactive ketones (excluding diaryl/α,β-unsaturated/α-hetero) is 1. The number of ketones is 2. The van der Waals surface area contributed by atoms with E-state index in [9.17, 15) is 24.9 Å². The van der Waals surface area contributed by atoms with Crippen molar-refractivity contribution in [3.05, 3.63) is 94.6 Å². The molecular weight excluding hydrogens is 568 g/mol. The van der Waals surface area contributed by atoms with Crippen LogP contribution in [0.5, 0.6) is 0 Å². The summed E-state index contributed by atoms with van der Waals surface area (Å²) in [6.45, 7) is 5.48. The molecule has 0 radical (unpaired) electrons. The number of fused-ring (bicyclic) bond motifs is 3. The molecule has 4 aliphatic rings. The van der Waals surface area contributed by atoms with E-state index in [1.165, 1.54) is 0 Å². The lowest BCUT2D eigenvalue weighted by Crippen LogP contribution is -2.66. The van der Waals surface area contributed by atoms with Gasteiger partial charge in [-0.3, -0.25) is 9.59 Å². The highest BCUT2D eigenvalue weighted by Crippen LogP contribution is 2.65. The average Bonchev–Trinajstić information content (AvgIpc) is 3.51. The Labute approximate surface area is 265 Å². The van der Waals surface area contributed by atoms with Crippen molar-refractivity contribution >= 4 is 11.6 Å². The largest absolute Gasteiger partial charge is 0.393 e. The third-order valence-corrected chi connectivity index (χ3v) is 11.2. The summed E-state index contributed by atoms with van der Waals surface area (Å²) in [6, 6.07) is 14.9. The first-order chi connectivity index (χ1) is 21.6. The Kier molecular flexibility index (Phi) is 8.49. The Hall–Kier alpha value is -3.38. The lowest BCUT2D eigenvalue weighted by Gasteiger charge is -2.62. The van der Waals surface area contributed by atoms with Gasteiger partial charge in [0.05, 0.1) is 19.3 Å². The van der Waals surface area contributed by atoms with Gasteiger partial charge < -0.3 is 24.8 Å². The third-order valence-electron chi connectivity index (χ3n) is 11.2. The first-order valence-electron chi connectivity index (χ1n) is 16.0. The van der Waals surface area contributed by atoms with E-state index >= 15 is 0 Å². The maximum Gasteiger partial charge on any atom is 0.192 e. The van der Waals surface area contributed by atoms with E-state index in [1.807, 2.05) is 61.5 Å². The molecule has 0 bridgehead atoms. The van der Waals surface area contributed by atoms with E-state index < -0.39 is 41.2 Å². The summed E-state index contributed by atoms with van der Waals surface area (Å²) in [5, 5.41) is 31.6. The smallest absolute Gasteiger partial charge is 0.192 e. The molecule has 3 N–H and O–H groups in total. The van der Waals surface area contributed by atoms with Gasteiger partial charge in [-0.15, -0.1) is 0 Å². The van der Waals surface area contributed by atoms with Gasteiger partial charge in [0.1, 0.15) is 6.61 Å². The number of ether oxygens (including phenoxy) is 2. The predicted molar refractivity (Wildman–Crippen MR) is 168 cm³/mol. The van der Waals surface area contributed by atoms with Crippen LogP contribution in [0.15, 0.2) is 72.3 Å². The molecule has 6 rings (SSSR count). The molecule has 1 saturated heterocycles. The summed E-state index contributed by atoms with van der Waals surface area (Å²) < 4.78 is 13.0. The molecule has 0 spiro atoms. The Morgan fingerprint density at radius 2 is 1.80 bits per heavy atom. The molecular formula is C38H42O7. The number of hydrogen-bond donors (Lipinski definition) is 3. The molecule has 2 aromatic rings. The Bertz CT molecular complexity index is 1610. The Morgan fingerprint density at radius 1 is 1.07 bits per heavy atom.